The Kier molecular flexibility index (Phi) is 3.48. The summed E-state index contributed by atoms with van der Waals surface area (Å²) >= 11 is 3.15. The van der Waals surface area contributed by atoms with E-state index in [1.165, 1.54) is 0 Å². The molecular formula is C22H12O2S2. The maximum Gasteiger partial charge on any atom is 0.195 e. The zero-order valence-electron chi connectivity index (χ0n) is 13.6. The van der Waals surface area contributed by atoms with Gasteiger partial charge in [-0.2, -0.15) is 0 Å². The first-order valence-electron chi connectivity index (χ1n) is 8.19. The molecule has 2 nitrogen and oxygen atoms in total. The van der Waals surface area contributed by atoms with Crippen molar-refractivity contribution in [3.05, 3.63) is 93.7 Å². The van der Waals surface area contributed by atoms with Crippen LogP contribution < -0.4 is 0 Å². The molecule has 0 saturated carbocycles. The molecule has 26 heavy (non-hydrogen) atoms. The first-order chi connectivity index (χ1) is 12.8. The summed E-state index contributed by atoms with van der Waals surface area (Å²) in [5, 5.41) is 3.96. The minimum absolute atomic E-state index is 0.0722. The second-order valence-electron chi connectivity index (χ2n) is 6.07. The van der Waals surface area contributed by atoms with E-state index in [4.69, 9.17) is 0 Å². The lowest BCUT2D eigenvalue weighted by atomic mass is 9.79. The highest BCUT2D eigenvalue weighted by Gasteiger charge is 2.34. The molecule has 0 unspecified atom stereocenters. The molecule has 0 aliphatic heterocycles. The van der Waals surface area contributed by atoms with Gasteiger partial charge in [-0.05, 0) is 22.9 Å². The predicted octanol–water partition coefficient (Wildman–Crippen LogP) is 5.92. The Morgan fingerprint density at radius 2 is 0.923 bits per heavy atom. The van der Waals surface area contributed by atoms with E-state index in [0.717, 1.165) is 20.9 Å². The van der Waals surface area contributed by atoms with Crippen LogP contribution in [0.3, 0.4) is 0 Å². The maximum atomic E-state index is 13.3. The first kappa shape index (κ1) is 15.4. The summed E-state index contributed by atoms with van der Waals surface area (Å²) in [6.45, 7) is 0. The minimum atomic E-state index is -0.0722. The van der Waals surface area contributed by atoms with Crippen LogP contribution in [0.2, 0.25) is 0 Å². The van der Waals surface area contributed by atoms with Gasteiger partial charge in [0.1, 0.15) is 0 Å². The molecule has 0 amide bonds. The summed E-state index contributed by atoms with van der Waals surface area (Å²) in [4.78, 5) is 28.7. The molecule has 0 fully saturated rings. The van der Waals surface area contributed by atoms with Crippen molar-refractivity contribution in [1.82, 2.24) is 0 Å². The van der Waals surface area contributed by atoms with Gasteiger partial charge in [-0.1, -0.05) is 48.5 Å². The zero-order chi connectivity index (χ0) is 17.7. The number of fused-ring (bicyclic) bond motifs is 2. The van der Waals surface area contributed by atoms with Crippen LogP contribution in [0.25, 0.3) is 20.9 Å². The maximum absolute atomic E-state index is 13.3. The summed E-state index contributed by atoms with van der Waals surface area (Å²) in [6.07, 6.45) is 0. The smallest absolute Gasteiger partial charge is 0.195 e. The summed E-state index contributed by atoms with van der Waals surface area (Å²) in [5.41, 5.74) is 3.72. The van der Waals surface area contributed by atoms with E-state index < -0.39 is 0 Å². The van der Waals surface area contributed by atoms with E-state index in [2.05, 4.69) is 0 Å². The van der Waals surface area contributed by atoms with Crippen LogP contribution in [0, 0.1) is 0 Å². The van der Waals surface area contributed by atoms with Crippen molar-refractivity contribution >= 4 is 34.2 Å². The van der Waals surface area contributed by atoms with Crippen LogP contribution in [-0.4, -0.2) is 11.6 Å². The standard InChI is InChI=1S/C22H12O2S2/c23-21-15-7-1-5-13(17-9-3-11-25-17)19(15)22(24)16-8-2-6-14(20(16)21)18-10-4-12-26-18/h1-12H. The Labute approximate surface area is 158 Å². The summed E-state index contributed by atoms with van der Waals surface area (Å²) < 4.78 is 0. The van der Waals surface area contributed by atoms with Crippen molar-refractivity contribution in [3.63, 3.8) is 0 Å². The molecule has 0 spiro atoms. The number of thiophene rings is 2. The summed E-state index contributed by atoms with van der Waals surface area (Å²) in [7, 11) is 0. The summed E-state index contributed by atoms with van der Waals surface area (Å²) in [6, 6.07) is 19.0. The molecule has 1 aliphatic rings. The Morgan fingerprint density at radius 3 is 1.31 bits per heavy atom. The van der Waals surface area contributed by atoms with E-state index in [0.29, 0.717) is 22.3 Å². The lowest BCUT2D eigenvalue weighted by Crippen LogP contribution is -2.22. The molecule has 0 saturated heterocycles. The van der Waals surface area contributed by atoms with Crippen LogP contribution in [0.4, 0.5) is 0 Å². The number of carbonyl (C=O) groups is 2. The second-order valence-corrected chi connectivity index (χ2v) is 7.96. The molecule has 2 aromatic carbocycles. The molecule has 2 aromatic heterocycles. The fourth-order valence-corrected chi connectivity index (χ4v) is 5.03. The van der Waals surface area contributed by atoms with Crippen LogP contribution in [0.5, 0.6) is 0 Å². The van der Waals surface area contributed by atoms with Gasteiger partial charge in [0.25, 0.3) is 0 Å². The fraction of sp³-hybridized carbons (Fsp3) is 0. The highest BCUT2D eigenvalue weighted by Crippen LogP contribution is 2.40. The van der Waals surface area contributed by atoms with Crippen LogP contribution in [0.1, 0.15) is 31.8 Å². The number of benzene rings is 2. The largest absolute Gasteiger partial charge is 0.289 e. The highest BCUT2D eigenvalue weighted by atomic mass is 32.1. The Bertz CT molecular complexity index is 1060. The van der Waals surface area contributed by atoms with Crippen molar-refractivity contribution in [2.24, 2.45) is 0 Å². The molecule has 124 valence electrons. The molecule has 5 rings (SSSR count). The van der Waals surface area contributed by atoms with Crippen molar-refractivity contribution in [2.45, 2.75) is 0 Å². The average molecular weight is 372 g/mol. The number of carbonyl (C=O) groups excluding carboxylic acids is 2. The van der Waals surface area contributed by atoms with Crippen LogP contribution in [-0.2, 0) is 0 Å². The molecule has 4 aromatic rings. The van der Waals surface area contributed by atoms with Gasteiger partial charge in [-0.25, -0.2) is 0 Å². The molecule has 4 heteroatoms. The monoisotopic (exact) mass is 372 g/mol. The van der Waals surface area contributed by atoms with Gasteiger partial charge >= 0.3 is 0 Å². The Balaban J connectivity index is 1.79. The third kappa shape index (κ3) is 2.16. The Morgan fingerprint density at radius 1 is 0.500 bits per heavy atom. The molecule has 0 atom stereocenters. The lowest BCUT2D eigenvalue weighted by molar-refractivity contribution is 0.0980. The molecular weight excluding hydrogens is 360 g/mol. The average Bonchev–Trinajstić information content (AvgIpc) is 3.39. The molecule has 2 heterocycles. The number of hydrogen-bond donors (Lipinski definition) is 0. The number of hydrogen-bond acceptors (Lipinski definition) is 4. The second kappa shape index (κ2) is 5.87. The zero-order valence-corrected chi connectivity index (χ0v) is 15.2. The highest BCUT2D eigenvalue weighted by molar-refractivity contribution is 7.13. The molecule has 0 radical (unpaired) electrons. The van der Waals surface area contributed by atoms with Gasteiger partial charge in [0.2, 0.25) is 0 Å². The van der Waals surface area contributed by atoms with Crippen molar-refractivity contribution in [3.8, 4) is 20.9 Å². The van der Waals surface area contributed by atoms with Gasteiger partial charge in [-0.3, -0.25) is 9.59 Å². The summed E-state index contributed by atoms with van der Waals surface area (Å²) in [5.74, 6) is -0.144. The molecule has 0 bridgehead atoms. The van der Waals surface area contributed by atoms with Gasteiger partial charge in [0, 0.05) is 43.1 Å². The number of rotatable bonds is 2. The first-order valence-corrected chi connectivity index (χ1v) is 9.95. The van der Waals surface area contributed by atoms with Gasteiger partial charge in [-0.15, -0.1) is 22.7 Å². The predicted molar refractivity (Wildman–Crippen MR) is 106 cm³/mol. The van der Waals surface area contributed by atoms with E-state index in [-0.39, 0.29) is 11.6 Å². The third-order valence-electron chi connectivity index (χ3n) is 4.65. The minimum Gasteiger partial charge on any atom is -0.289 e. The van der Waals surface area contributed by atoms with Gasteiger partial charge in [0.05, 0.1) is 0 Å². The fourth-order valence-electron chi connectivity index (χ4n) is 3.52. The molecule has 0 N–H and O–H groups in total. The topological polar surface area (TPSA) is 34.1 Å². The Hall–Kier alpha value is -2.82. The SMILES string of the molecule is O=C1c2cccc(-c3cccs3)c2C(=O)c2cccc(-c3cccs3)c21. The van der Waals surface area contributed by atoms with Gasteiger partial charge < -0.3 is 0 Å². The number of ketones is 2. The molecule has 1 aliphatic carbocycles. The quantitative estimate of drug-likeness (QED) is 0.385. The lowest BCUT2D eigenvalue weighted by Gasteiger charge is -2.21. The van der Waals surface area contributed by atoms with E-state index in [1.54, 1.807) is 34.8 Å². The van der Waals surface area contributed by atoms with E-state index >= 15 is 0 Å². The van der Waals surface area contributed by atoms with E-state index in [1.807, 2.05) is 59.3 Å². The van der Waals surface area contributed by atoms with Gasteiger partial charge in [0.15, 0.2) is 11.6 Å². The van der Waals surface area contributed by atoms with Crippen molar-refractivity contribution in [2.75, 3.05) is 0 Å². The third-order valence-corrected chi connectivity index (χ3v) is 6.45. The normalized spacial score (nSPS) is 12.8. The van der Waals surface area contributed by atoms with E-state index in [9.17, 15) is 9.59 Å². The van der Waals surface area contributed by atoms with Crippen molar-refractivity contribution < 1.29 is 9.59 Å². The van der Waals surface area contributed by atoms with Crippen molar-refractivity contribution in [1.29, 1.82) is 0 Å². The van der Waals surface area contributed by atoms with Crippen LogP contribution >= 0.6 is 22.7 Å². The van der Waals surface area contributed by atoms with Crippen LogP contribution in [0.15, 0.2) is 71.4 Å².